The van der Waals surface area contributed by atoms with E-state index >= 15 is 0 Å². The first kappa shape index (κ1) is 17.8. The average Bonchev–Trinajstić information content (AvgIpc) is 2.69. The minimum atomic E-state index is -0.185. The first-order chi connectivity index (χ1) is 12.0. The summed E-state index contributed by atoms with van der Waals surface area (Å²) >= 11 is 0. The monoisotopic (exact) mass is 346 g/mol. The third-order valence-electron chi connectivity index (χ3n) is 4.62. The number of hydrogen-bond acceptors (Lipinski definition) is 5. The Labute approximate surface area is 148 Å². The van der Waals surface area contributed by atoms with Gasteiger partial charge in [-0.2, -0.15) is 0 Å². The molecule has 7 nitrogen and oxygen atoms in total. The molecule has 0 radical (unpaired) electrons. The highest BCUT2D eigenvalue weighted by molar-refractivity contribution is 6.04. The van der Waals surface area contributed by atoms with Crippen LogP contribution in [0.15, 0.2) is 24.3 Å². The summed E-state index contributed by atoms with van der Waals surface area (Å²) in [6, 6.07) is 7.24. The zero-order valence-electron chi connectivity index (χ0n) is 14.8. The minimum Gasteiger partial charge on any atom is -0.374 e. The number of amides is 2. The average molecular weight is 346 g/mol. The fraction of sp³-hybridized carbons (Fsp3) is 0.556. The molecule has 2 heterocycles. The third kappa shape index (κ3) is 4.36. The number of ether oxygens (including phenoxy) is 1. The van der Waals surface area contributed by atoms with Crippen molar-refractivity contribution in [1.82, 2.24) is 10.2 Å². The number of nitrogens with one attached hydrogen (secondary N) is 2. The Morgan fingerprint density at radius 2 is 2.20 bits per heavy atom. The highest BCUT2D eigenvalue weighted by atomic mass is 16.5. The Bertz CT molecular complexity index is 637. The number of likely N-dealkylation sites (N-methyl/N-ethyl adjacent to an activating group) is 1. The van der Waals surface area contributed by atoms with Crippen LogP contribution in [-0.2, 0) is 14.3 Å². The van der Waals surface area contributed by atoms with E-state index in [1.165, 1.54) is 0 Å². The van der Waals surface area contributed by atoms with Gasteiger partial charge in [0.05, 0.1) is 30.6 Å². The van der Waals surface area contributed by atoms with Crippen LogP contribution in [0, 0.1) is 0 Å². The van der Waals surface area contributed by atoms with Gasteiger partial charge in [0.15, 0.2) is 0 Å². The van der Waals surface area contributed by atoms with Gasteiger partial charge in [-0.15, -0.1) is 0 Å². The molecule has 1 aromatic carbocycles. The molecule has 25 heavy (non-hydrogen) atoms. The molecule has 0 saturated carbocycles. The van der Waals surface area contributed by atoms with Gasteiger partial charge in [0, 0.05) is 32.1 Å². The minimum absolute atomic E-state index is 0.0411. The normalized spacial score (nSPS) is 24.4. The molecule has 1 aromatic rings. The number of carbonyl (C=O) groups excluding carboxylic acids is 2. The molecule has 2 N–H and O–H groups in total. The molecule has 0 aliphatic carbocycles. The van der Waals surface area contributed by atoms with Crippen LogP contribution in [0.5, 0.6) is 0 Å². The molecule has 2 amide bonds. The first-order valence-electron chi connectivity index (χ1n) is 8.76. The molecular formula is C18H26N4O3. The number of para-hydroxylation sites is 2. The second-order valence-corrected chi connectivity index (χ2v) is 6.77. The van der Waals surface area contributed by atoms with Crippen LogP contribution in [0.3, 0.4) is 0 Å². The number of fused-ring (bicyclic) bond motifs is 1. The van der Waals surface area contributed by atoms with Crippen LogP contribution in [0.2, 0.25) is 0 Å². The maximum absolute atomic E-state index is 12.8. The van der Waals surface area contributed by atoms with Crippen molar-refractivity contribution in [3.05, 3.63) is 24.3 Å². The Balaban J connectivity index is 1.63. The maximum atomic E-state index is 12.8. The van der Waals surface area contributed by atoms with Gasteiger partial charge in [0.2, 0.25) is 11.8 Å². The van der Waals surface area contributed by atoms with E-state index in [-0.39, 0.29) is 36.9 Å². The van der Waals surface area contributed by atoms with Gasteiger partial charge in [-0.1, -0.05) is 12.1 Å². The molecule has 0 spiro atoms. The molecule has 0 bridgehead atoms. The summed E-state index contributed by atoms with van der Waals surface area (Å²) in [4.78, 5) is 28.7. The van der Waals surface area contributed by atoms with E-state index in [2.05, 4.69) is 22.6 Å². The summed E-state index contributed by atoms with van der Waals surface area (Å²) in [7, 11) is 2.07. The fourth-order valence-corrected chi connectivity index (χ4v) is 3.38. The molecule has 3 rings (SSSR count). The SMILES string of the molecule is C[C@H]1CC(=O)Nc2ccccc2N1C(=O)CNC[C@H]1CN(C)CCO1. The lowest BCUT2D eigenvalue weighted by Gasteiger charge is -2.31. The lowest BCUT2D eigenvalue weighted by molar-refractivity contribution is -0.118. The molecule has 1 fully saturated rings. The summed E-state index contributed by atoms with van der Waals surface area (Å²) in [6.45, 7) is 5.29. The Kier molecular flexibility index (Phi) is 5.67. The Hall–Kier alpha value is -1.96. The van der Waals surface area contributed by atoms with Crippen LogP contribution in [0.1, 0.15) is 13.3 Å². The van der Waals surface area contributed by atoms with Crippen molar-refractivity contribution in [3.63, 3.8) is 0 Å². The predicted octanol–water partition coefficient (Wildman–Crippen LogP) is 0.671. The molecule has 1 saturated heterocycles. The van der Waals surface area contributed by atoms with E-state index in [0.717, 1.165) is 25.4 Å². The van der Waals surface area contributed by atoms with E-state index < -0.39 is 0 Å². The van der Waals surface area contributed by atoms with Gasteiger partial charge in [0.25, 0.3) is 0 Å². The summed E-state index contributed by atoms with van der Waals surface area (Å²) in [5.74, 6) is -0.109. The van der Waals surface area contributed by atoms with Crippen LogP contribution < -0.4 is 15.5 Å². The van der Waals surface area contributed by atoms with Crippen LogP contribution in [-0.4, -0.2) is 68.7 Å². The number of anilines is 2. The molecule has 2 aliphatic heterocycles. The summed E-state index contributed by atoms with van der Waals surface area (Å²) < 4.78 is 5.70. The van der Waals surface area contributed by atoms with Gasteiger partial charge in [-0.25, -0.2) is 0 Å². The molecule has 2 aliphatic rings. The topological polar surface area (TPSA) is 73.9 Å². The van der Waals surface area contributed by atoms with Gasteiger partial charge in [-0.3, -0.25) is 9.59 Å². The van der Waals surface area contributed by atoms with E-state index in [4.69, 9.17) is 4.74 Å². The zero-order valence-corrected chi connectivity index (χ0v) is 14.8. The zero-order chi connectivity index (χ0) is 17.8. The highest BCUT2D eigenvalue weighted by Crippen LogP contribution is 2.31. The quantitative estimate of drug-likeness (QED) is 0.838. The van der Waals surface area contributed by atoms with Crippen LogP contribution in [0.4, 0.5) is 11.4 Å². The number of carbonyl (C=O) groups is 2. The maximum Gasteiger partial charge on any atom is 0.241 e. The van der Waals surface area contributed by atoms with E-state index in [1.54, 1.807) is 4.90 Å². The highest BCUT2D eigenvalue weighted by Gasteiger charge is 2.29. The van der Waals surface area contributed by atoms with Crippen molar-refractivity contribution < 1.29 is 14.3 Å². The first-order valence-corrected chi connectivity index (χ1v) is 8.76. The second kappa shape index (κ2) is 7.95. The van der Waals surface area contributed by atoms with E-state index in [1.807, 2.05) is 31.2 Å². The molecular weight excluding hydrogens is 320 g/mol. The lowest BCUT2D eigenvalue weighted by atomic mass is 10.1. The number of hydrogen-bond donors (Lipinski definition) is 2. The van der Waals surface area contributed by atoms with Crippen LogP contribution >= 0.6 is 0 Å². The van der Waals surface area contributed by atoms with Crippen molar-refractivity contribution in [1.29, 1.82) is 0 Å². The third-order valence-corrected chi connectivity index (χ3v) is 4.62. The molecule has 0 aromatic heterocycles. The number of nitrogens with zero attached hydrogens (tertiary/aromatic N) is 2. The molecule has 136 valence electrons. The fourth-order valence-electron chi connectivity index (χ4n) is 3.38. The van der Waals surface area contributed by atoms with Crippen molar-refractivity contribution >= 4 is 23.2 Å². The Morgan fingerprint density at radius 3 is 3.00 bits per heavy atom. The second-order valence-electron chi connectivity index (χ2n) is 6.77. The number of morpholine rings is 1. The number of rotatable bonds is 4. The van der Waals surface area contributed by atoms with E-state index in [9.17, 15) is 9.59 Å². The van der Waals surface area contributed by atoms with E-state index in [0.29, 0.717) is 12.2 Å². The van der Waals surface area contributed by atoms with Gasteiger partial charge in [-0.05, 0) is 26.1 Å². The van der Waals surface area contributed by atoms with Crippen molar-refractivity contribution in [2.45, 2.75) is 25.5 Å². The largest absolute Gasteiger partial charge is 0.374 e. The van der Waals surface area contributed by atoms with Gasteiger partial charge >= 0.3 is 0 Å². The van der Waals surface area contributed by atoms with Crippen molar-refractivity contribution in [3.8, 4) is 0 Å². The van der Waals surface area contributed by atoms with Gasteiger partial charge < -0.3 is 25.2 Å². The summed E-state index contributed by atoms with van der Waals surface area (Å²) in [6.07, 6.45) is 0.389. The molecule has 2 atom stereocenters. The predicted molar refractivity (Wildman–Crippen MR) is 96.7 cm³/mol. The molecule has 0 unspecified atom stereocenters. The standard InChI is InChI=1S/C18H26N4O3/c1-13-9-17(23)20-15-5-3-4-6-16(15)22(13)18(24)11-19-10-14-12-21(2)7-8-25-14/h3-6,13-14,19H,7-12H2,1-2H3,(H,20,23)/t13-,14-/m0/s1. The smallest absolute Gasteiger partial charge is 0.241 e. The van der Waals surface area contributed by atoms with Gasteiger partial charge in [0.1, 0.15) is 0 Å². The summed E-state index contributed by atoms with van der Waals surface area (Å²) in [5, 5.41) is 6.08. The number of benzene rings is 1. The van der Waals surface area contributed by atoms with Crippen molar-refractivity contribution in [2.24, 2.45) is 0 Å². The summed E-state index contributed by atoms with van der Waals surface area (Å²) in [5.41, 5.74) is 1.43. The molecule has 7 heteroatoms. The van der Waals surface area contributed by atoms with Crippen molar-refractivity contribution in [2.75, 3.05) is 50.1 Å². The van der Waals surface area contributed by atoms with Crippen LogP contribution in [0.25, 0.3) is 0 Å². The lowest BCUT2D eigenvalue weighted by Crippen LogP contribution is -2.48. The Morgan fingerprint density at radius 1 is 1.40 bits per heavy atom.